The number of benzene rings is 1. The van der Waals surface area contributed by atoms with E-state index in [9.17, 15) is 8.78 Å². The lowest BCUT2D eigenvalue weighted by Gasteiger charge is -2.19. The smallest absolute Gasteiger partial charge is 0.387 e. The minimum atomic E-state index is -2.86. The van der Waals surface area contributed by atoms with E-state index in [-0.39, 0.29) is 11.8 Å². The van der Waals surface area contributed by atoms with Gasteiger partial charge in [0, 0.05) is 11.8 Å². The molecule has 0 aliphatic carbocycles. The monoisotopic (exact) mass is 298 g/mol. The van der Waals surface area contributed by atoms with E-state index in [0.29, 0.717) is 16.4 Å². The van der Waals surface area contributed by atoms with Crippen LogP contribution in [0.25, 0.3) is 0 Å². The van der Waals surface area contributed by atoms with Crippen LogP contribution in [0.15, 0.2) is 42.6 Å². The number of alkyl halides is 2. The molecule has 0 fully saturated rings. The Balaban J connectivity index is 2.21. The van der Waals surface area contributed by atoms with Crippen molar-refractivity contribution in [2.24, 2.45) is 0 Å². The van der Waals surface area contributed by atoms with Gasteiger partial charge in [-0.1, -0.05) is 29.8 Å². The lowest BCUT2D eigenvalue weighted by molar-refractivity contribution is -0.0505. The van der Waals surface area contributed by atoms with Gasteiger partial charge in [0.2, 0.25) is 0 Å². The molecule has 3 nitrogen and oxygen atoms in total. The fourth-order valence-electron chi connectivity index (χ4n) is 1.85. The predicted molar refractivity (Wildman–Crippen MR) is 74.4 cm³/mol. The van der Waals surface area contributed by atoms with E-state index in [1.807, 2.05) is 6.92 Å². The van der Waals surface area contributed by atoms with E-state index >= 15 is 0 Å². The second-order valence-corrected chi connectivity index (χ2v) is 4.48. The molecule has 0 bridgehead atoms. The Labute approximate surface area is 120 Å². The standard InChI is InChI=1S/C14H13ClF2N2O/c1-9(19-11-6-4-8-18-13(11)15)10-5-2-3-7-12(10)20-14(16)17/h2-9,14,19H,1H3. The average Bonchev–Trinajstić information content (AvgIpc) is 2.41. The van der Waals surface area contributed by atoms with Gasteiger partial charge in [-0.15, -0.1) is 0 Å². The van der Waals surface area contributed by atoms with Crippen molar-refractivity contribution in [3.05, 3.63) is 53.3 Å². The van der Waals surface area contributed by atoms with E-state index in [2.05, 4.69) is 15.0 Å². The largest absolute Gasteiger partial charge is 0.434 e. The third-order valence-electron chi connectivity index (χ3n) is 2.73. The number of nitrogens with one attached hydrogen (secondary N) is 1. The summed E-state index contributed by atoms with van der Waals surface area (Å²) in [6.07, 6.45) is 1.58. The van der Waals surface area contributed by atoms with E-state index in [1.165, 1.54) is 6.07 Å². The van der Waals surface area contributed by atoms with Crippen LogP contribution in [0.2, 0.25) is 5.15 Å². The molecule has 0 spiro atoms. The van der Waals surface area contributed by atoms with Gasteiger partial charge in [0.15, 0.2) is 5.15 Å². The number of para-hydroxylation sites is 1. The Morgan fingerprint density at radius 3 is 2.65 bits per heavy atom. The number of hydrogen-bond acceptors (Lipinski definition) is 3. The number of nitrogens with zero attached hydrogens (tertiary/aromatic N) is 1. The normalized spacial score (nSPS) is 12.2. The second-order valence-electron chi connectivity index (χ2n) is 4.12. The Morgan fingerprint density at radius 1 is 1.20 bits per heavy atom. The fourth-order valence-corrected chi connectivity index (χ4v) is 2.02. The maximum atomic E-state index is 12.4. The fraction of sp³-hybridized carbons (Fsp3) is 0.214. The van der Waals surface area contributed by atoms with Crippen LogP contribution in [0, 0.1) is 0 Å². The first kappa shape index (κ1) is 14.5. The number of hydrogen-bond donors (Lipinski definition) is 1. The number of anilines is 1. The highest BCUT2D eigenvalue weighted by molar-refractivity contribution is 6.31. The number of aromatic nitrogens is 1. The molecule has 1 unspecified atom stereocenters. The van der Waals surface area contributed by atoms with Gasteiger partial charge < -0.3 is 10.1 Å². The van der Waals surface area contributed by atoms with E-state index in [1.54, 1.807) is 36.5 Å². The van der Waals surface area contributed by atoms with Crippen molar-refractivity contribution in [2.45, 2.75) is 19.6 Å². The average molecular weight is 299 g/mol. The highest BCUT2D eigenvalue weighted by Crippen LogP contribution is 2.30. The van der Waals surface area contributed by atoms with Gasteiger partial charge in [-0.2, -0.15) is 8.78 Å². The molecule has 0 amide bonds. The highest BCUT2D eigenvalue weighted by atomic mass is 35.5. The van der Waals surface area contributed by atoms with Crippen molar-refractivity contribution in [1.82, 2.24) is 4.98 Å². The highest BCUT2D eigenvalue weighted by Gasteiger charge is 2.15. The lowest BCUT2D eigenvalue weighted by Crippen LogP contribution is -2.11. The van der Waals surface area contributed by atoms with Crippen LogP contribution >= 0.6 is 11.6 Å². The molecule has 1 aromatic carbocycles. The van der Waals surface area contributed by atoms with E-state index in [0.717, 1.165) is 0 Å². The van der Waals surface area contributed by atoms with Crippen LogP contribution in [0.4, 0.5) is 14.5 Å². The van der Waals surface area contributed by atoms with Gasteiger partial charge in [0.25, 0.3) is 0 Å². The van der Waals surface area contributed by atoms with Crippen LogP contribution in [-0.2, 0) is 0 Å². The molecule has 0 saturated heterocycles. The zero-order valence-corrected chi connectivity index (χ0v) is 11.4. The number of rotatable bonds is 5. The van der Waals surface area contributed by atoms with Gasteiger partial charge in [0.05, 0.1) is 11.7 Å². The Kier molecular flexibility index (Phi) is 4.74. The zero-order valence-electron chi connectivity index (χ0n) is 10.7. The minimum absolute atomic E-state index is 0.141. The van der Waals surface area contributed by atoms with Crippen LogP contribution < -0.4 is 10.1 Å². The topological polar surface area (TPSA) is 34.2 Å². The minimum Gasteiger partial charge on any atom is -0.434 e. The third-order valence-corrected chi connectivity index (χ3v) is 3.03. The van der Waals surface area contributed by atoms with Crippen LogP contribution in [-0.4, -0.2) is 11.6 Å². The van der Waals surface area contributed by atoms with Crippen molar-refractivity contribution >= 4 is 17.3 Å². The van der Waals surface area contributed by atoms with E-state index < -0.39 is 6.61 Å². The number of pyridine rings is 1. The first-order valence-electron chi connectivity index (χ1n) is 5.98. The van der Waals surface area contributed by atoms with Crippen LogP contribution in [0.3, 0.4) is 0 Å². The second kappa shape index (κ2) is 6.52. The Morgan fingerprint density at radius 2 is 1.95 bits per heavy atom. The summed E-state index contributed by atoms with van der Waals surface area (Å²) in [5, 5.41) is 3.45. The molecule has 6 heteroatoms. The van der Waals surface area contributed by atoms with Gasteiger partial charge >= 0.3 is 6.61 Å². The van der Waals surface area contributed by atoms with E-state index in [4.69, 9.17) is 11.6 Å². The maximum Gasteiger partial charge on any atom is 0.387 e. The molecule has 1 N–H and O–H groups in total. The molecule has 1 heterocycles. The van der Waals surface area contributed by atoms with Crippen molar-refractivity contribution in [2.75, 3.05) is 5.32 Å². The Bertz CT molecular complexity index is 581. The molecule has 0 aliphatic rings. The van der Waals surface area contributed by atoms with Gasteiger partial charge in [-0.05, 0) is 25.1 Å². The molecular formula is C14H13ClF2N2O. The summed E-state index contributed by atoms with van der Waals surface area (Å²) in [6.45, 7) is -1.03. The van der Waals surface area contributed by atoms with Gasteiger partial charge in [-0.25, -0.2) is 4.98 Å². The van der Waals surface area contributed by atoms with Crippen LogP contribution in [0.5, 0.6) is 5.75 Å². The summed E-state index contributed by atoms with van der Waals surface area (Å²) >= 11 is 5.96. The first-order valence-corrected chi connectivity index (χ1v) is 6.36. The van der Waals surface area contributed by atoms with Gasteiger partial charge in [0.1, 0.15) is 5.75 Å². The number of halogens is 3. The summed E-state index contributed by atoms with van der Waals surface area (Å²) in [7, 11) is 0. The maximum absolute atomic E-state index is 12.4. The van der Waals surface area contributed by atoms with Crippen molar-refractivity contribution < 1.29 is 13.5 Å². The number of ether oxygens (including phenoxy) is 1. The molecule has 1 aromatic heterocycles. The zero-order chi connectivity index (χ0) is 14.5. The molecule has 1 atom stereocenters. The predicted octanol–water partition coefficient (Wildman–Crippen LogP) is 4.51. The van der Waals surface area contributed by atoms with Crippen LogP contribution in [0.1, 0.15) is 18.5 Å². The summed E-state index contributed by atoms with van der Waals surface area (Å²) in [5.41, 5.74) is 1.25. The van der Waals surface area contributed by atoms with Gasteiger partial charge in [-0.3, -0.25) is 0 Å². The molecule has 2 aromatic rings. The molecule has 0 saturated carbocycles. The summed E-state index contributed by atoms with van der Waals surface area (Å²) in [6, 6.07) is 9.88. The molecule has 20 heavy (non-hydrogen) atoms. The summed E-state index contributed by atoms with van der Waals surface area (Å²) in [4.78, 5) is 3.95. The molecule has 106 valence electrons. The van der Waals surface area contributed by atoms with Crippen molar-refractivity contribution in [1.29, 1.82) is 0 Å². The molecule has 0 radical (unpaired) electrons. The molecule has 2 rings (SSSR count). The first-order chi connectivity index (χ1) is 9.58. The van der Waals surface area contributed by atoms with Crippen molar-refractivity contribution in [3.63, 3.8) is 0 Å². The van der Waals surface area contributed by atoms with Crippen molar-refractivity contribution in [3.8, 4) is 5.75 Å². The summed E-state index contributed by atoms with van der Waals surface area (Å²) < 4.78 is 29.3. The molecule has 0 aliphatic heterocycles. The SMILES string of the molecule is CC(Nc1cccnc1Cl)c1ccccc1OC(F)F. The molecular weight excluding hydrogens is 286 g/mol. The Hall–Kier alpha value is -1.88. The summed E-state index contributed by atoms with van der Waals surface area (Å²) in [5.74, 6) is 0.141. The lowest BCUT2D eigenvalue weighted by atomic mass is 10.1. The quantitative estimate of drug-likeness (QED) is 0.825. The third kappa shape index (κ3) is 3.57.